The number of hydrogen-bond acceptors (Lipinski definition) is 3. The summed E-state index contributed by atoms with van der Waals surface area (Å²) in [4.78, 5) is 15.6. The Bertz CT molecular complexity index is 757. The zero-order valence-electron chi connectivity index (χ0n) is 13.6. The zero-order chi connectivity index (χ0) is 16.8. The van der Waals surface area contributed by atoms with Crippen LogP contribution in [0.3, 0.4) is 0 Å². The van der Waals surface area contributed by atoms with Gasteiger partial charge in [-0.25, -0.2) is 0 Å². The van der Waals surface area contributed by atoms with Crippen LogP contribution < -0.4 is 10.2 Å². The molecular weight excluding hydrogens is 316 g/mol. The maximum absolute atomic E-state index is 12.6. The topological polar surface area (TPSA) is 32.3 Å². The van der Waals surface area contributed by atoms with Crippen molar-refractivity contribution in [1.82, 2.24) is 5.32 Å². The first-order valence-electron chi connectivity index (χ1n) is 7.88. The number of para-hydroxylation sites is 1. The van der Waals surface area contributed by atoms with E-state index in [1.54, 1.807) is 11.3 Å². The Labute approximate surface area is 146 Å². The highest BCUT2D eigenvalue weighted by Gasteiger charge is 2.18. The molecule has 0 aliphatic heterocycles. The predicted molar refractivity (Wildman–Crippen MR) is 100 cm³/mol. The second-order valence-corrected chi connectivity index (χ2v) is 6.60. The number of benzene rings is 2. The summed E-state index contributed by atoms with van der Waals surface area (Å²) < 4.78 is 0. The molecule has 1 N–H and O–H groups in total. The molecule has 3 aromatic rings. The van der Waals surface area contributed by atoms with Gasteiger partial charge in [-0.15, -0.1) is 11.3 Å². The fourth-order valence-corrected chi connectivity index (χ4v) is 3.42. The average molecular weight is 336 g/mol. The Morgan fingerprint density at radius 3 is 2.29 bits per heavy atom. The van der Waals surface area contributed by atoms with Crippen molar-refractivity contribution in [2.75, 3.05) is 18.5 Å². The van der Waals surface area contributed by atoms with Crippen molar-refractivity contribution in [1.29, 1.82) is 0 Å². The number of anilines is 1. The maximum atomic E-state index is 12.6. The van der Waals surface area contributed by atoms with Crippen LogP contribution in [0.5, 0.6) is 0 Å². The van der Waals surface area contributed by atoms with Gasteiger partial charge in [-0.05, 0) is 29.1 Å². The Hall–Kier alpha value is -2.59. The van der Waals surface area contributed by atoms with Crippen molar-refractivity contribution in [3.63, 3.8) is 0 Å². The number of hydrogen-bond donors (Lipinski definition) is 1. The number of carbonyl (C=O) groups is 1. The number of thiophene rings is 1. The van der Waals surface area contributed by atoms with E-state index in [0.717, 1.165) is 16.1 Å². The largest absolute Gasteiger partial charge is 0.365 e. The summed E-state index contributed by atoms with van der Waals surface area (Å²) in [5, 5.41) is 5.20. The number of amides is 1. The van der Waals surface area contributed by atoms with Crippen LogP contribution in [0.1, 0.15) is 16.5 Å². The van der Waals surface area contributed by atoms with Crippen LogP contribution in [0.2, 0.25) is 0 Å². The smallest absolute Gasteiger partial charge is 0.240 e. The SMILES string of the molecule is CN(CC(=O)NC(c1ccccc1)c1cccs1)c1ccccc1. The number of nitrogens with one attached hydrogen (secondary N) is 1. The van der Waals surface area contributed by atoms with Crippen molar-refractivity contribution in [2.24, 2.45) is 0 Å². The van der Waals surface area contributed by atoms with Crippen molar-refractivity contribution < 1.29 is 4.79 Å². The minimum atomic E-state index is -0.108. The highest BCUT2D eigenvalue weighted by Crippen LogP contribution is 2.25. The minimum Gasteiger partial charge on any atom is -0.365 e. The first-order valence-corrected chi connectivity index (χ1v) is 8.76. The van der Waals surface area contributed by atoms with Gasteiger partial charge >= 0.3 is 0 Å². The second-order valence-electron chi connectivity index (χ2n) is 5.62. The molecule has 24 heavy (non-hydrogen) atoms. The van der Waals surface area contributed by atoms with Crippen LogP contribution in [0.25, 0.3) is 0 Å². The van der Waals surface area contributed by atoms with Gasteiger partial charge in [0.1, 0.15) is 0 Å². The van der Waals surface area contributed by atoms with Crippen LogP contribution in [0.15, 0.2) is 78.2 Å². The molecule has 0 saturated carbocycles. The monoisotopic (exact) mass is 336 g/mol. The standard InChI is InChI=1S/C20H20N2OS/c1-22(17-11-6-3-7-12-17)15-19(23)21-20(18-13-8-14-24-18)16-9-4-2-5-10-16/h2-14,20H,15H2,1H3,(H,21,23). The lowest BCUT2D eigenvalue weighted by Crippen LogP contribution is -2.37. The molecule has 2 aromatic carbocycles. The van der Waals surface area contributed by atoms with Crippen LogP contribution in [0.4, 0.5) is 5.69 Å². The molecule has 0 radical (unpaired) electrons. The van der Waals surface area contributed by atoms with Gasteiger partial charge in [-0.3, -0.25) is 4.79 Å². The number of carbonyl (C=O) groups excluding carboxylic acids is 1. The summed E-state index contributed by atoms with van der Waals surface area (Å²) in [6.45, 7) is 0.318. The molecule has 1 heterocycles. The molecule has 0 spiro atoms. The fraction of sp³-hybridized carbons (Fsp3) is 0.150. The van der Waals surface area contributed by atoms with Crippen molar-refractivity contribution in [3.05, 3.63) is 88.6 Å². The van der Waals surface area contributed by atoms with Gasteiger partial charge < -0.3 is 10.2 Å². The van der Waals surface area contributed by atoms with Crippen LogP contribution >= 0.6 is 11.3 Å². The van der Waals surface area contributed by atoms with E-state index in [-0.39, 0.29) is 11.9 Å². The zero-order valence-corrected chi connectivity index (χ0v) is 14.4. The van der Waals surface area contributed by atoms with E-state index in [4.69, 9.17) is 0 Å². The van der Waals surface area contributed by atoms with Crippen LogP contribution in [-0.4, -0.2) is 19.5 Å². The summed E-state index contributed by atoms with van der Waals surface area (Å²) in [6.07, 6.45) is 0. The van der Waals surface area contributed by atoms with Gasteiger partial charge in [-0.2, -0.15) is 0 Å². The van der Waals surface area contributed by atoms with E-state index in [2.05, 4.69) is 11.4 Å². The molecule has 3 rings (SSSR count). The van der Waals surface area contributed by atoms with Gasteiger partial charge in [-0.1, -0.05) is 54.6 Å². The maximum Gasteiger partial charge on any atom is 0.240 e. The van der Waals surface area contributed by atoms with E-state index in [1.807, 2.05) is 84.1 Å². The second kappa shape index (κ2) is 7.79. The summed E-state index contributed by atoms with van der Waals surface area (Å²) in [6, 6.07) is 24.0. The molecule has 0 fully saturated rings. The third-order valence-corrected chi connectivity index (χ3v) is 4.78. The molecule has 0 aliphatic carbocycles. The summed E-state index contributed by atoms with van der Waals surface area (Å²) >= 11 is 1.65. The van der Waals surface area contributed by atoms with E-state index < -0.39 is 0 Å². The minimum absolute atomic E-state index is 0.00334. The third-order valence-electron chi connectivity index (χ3n) is 3.84. The van der Waals surface area contributed by atoms with Gasteiger partial charge in [0.15, 0.2) is 0 Å². The highest BCUT2D eigenvalue weighted by atomic mass is 32.1. The normalized spacial score (nSPS) is 11.7. The number of rotatable bonds is 6. The first kappa shape index (κ1) is 16.3. The average Bonchev–Trinajstić information content (AvgIpc) is 3.15. The molecule has 0 saturated heterocycles. The fourth-order valence-electron chi connectivity index (χ4n) is 2.62. The molecule has 4 heteroatoms. The molecule has 0 aliphatic rings. The molecule has 1 atom stereocenters. The van der Waals surface area contributed by atoms with E-state index >= 15 is 0 Å². The van der Waals surface area contributed by atoms with Gasteiger partial charge in [0.05, 0.1) is 12.6 Å². The van der Waals surface area contributed by atoms with Crippen molar-refractivity contribution in [3.8, 4) is 0 Å². The molecule has 1 amide bonds. The van der Waals surface area contributed by atoms with Crippen molar-refractivity contribution >= 4 is 22.9 Å². The Morgan fingerprint density at radius 2 is 1.67 bits per heavy atom. The lowest BCUT2D eigenvalue weighted by atomic mass is 10.1. The molecule has 0 bridgehead atoms. The van der Waals surface area contributed by atoms with E-state index in [0.29, 0.717) is 6.54 Å². The van der Waals surface area contributed by atoms with E-state index in [1.165, 1.54) is 0 Å². The Morgan fingerprint density at radius 1 is 1.00 bits per heavy atom. The van der Waals surface area contributed by atoms with Crippen LogP contribution in [0, 0.1) is 0 Å². The molecular formula is C20H20N2OS. The first-order chi connectivity index (χ1) is 11.7. The Kier molecular flexibility index (Phi) is 5.29. The molecule has 1 aromatic heterocycles. The van der Waals surface area contributed by atoms with E-state index in [9.17, 15) is 4.79 Å². The lowest BCUT2D eigenvalue weighted by molar-refractivity contribution is -0.120. The van der Waals surface area contributed by atoms with Gasteiger partial charge in [0, 0.05) is 17.6 Å². The number of likely N-dealkylation sites (N-methyl/N-ethyl adjacent to an activating group) is 1. The summed E-state index contributed by atoms with van der Waals surface area (Å²) in [5.41, 5.74) is 2.12. The third kappa shape index (κ3) is 4.03. The lowest BCUT2D eigenvalue weighted by Gasteiger charge is -2.22. The summed E-state index contributed by atoms with van der Waals surface area (Å²) in [7, 11) is 1.93. The van der Waals surface area contributed by atoms with Gasteiger partial charge in [0.2, 0.25) is 5.91 Å². The summed E-state index contributed by atoms with van der Waals surface area (Å²) in [5.74, 6) is 0.00334. The van der Waals surface area contributed by atoms with Gasteiger partial charge in [0.25, 0.3) is 0 Å². The predicted octanol–water partition coefficient (Wildman–Crippen LogP) is 4.09. The van der Waals surface area contributed by atoms with Crippen molar-refractivity contribution in [2.45, 2.75) is 6.04 Å². The molecule has 1 unspecified atom stereocenters. The highest BCUT2D eigenvalue weighted by molar-refractivity contribution is 7.10. The van der Waals surface area contributed by atoms with Crippen LogP contribution in [-0.2, 0) is 4.79 Å². The molecule has 3 nitrogen and oxygen atoms in total. The number of nitrogens with zero attached hydrogens (tertiary/aromatic N) is 1. The Balaban J connectivity index is 1.72. The molecule has 122 valence electrons. The quantitative estimate of drug-likeness (QED) is 0.735.